The summed E-state index contributed by atoms with van der Waals surface area (Å²) in [6.07, 6.45) is 1.91. The summed E-state index contributed by atoms with van der Waals surface area (Å²) >= 11 is 7.64. The van der Waals surface area contributed by atoms with E-state index in [4.69, 9.17) is 11.6 Å². The molecule has 0 saturated carbocycles. The van der Waals surface area contributed by atoms with Crippen LogP contribution in [0.3, 0.4) is 0 Å². The molecule has 0 fully saturated rings. The summed E-state index contributed by atoms with van der Waals surface area (Å²) in [4.78, 5) is 9.05. The molecule has 3 rings (SSSR count). The Labute approximate surface area is 162 Å². The van der Waals surface area contributed by atoms with Crippen LogP contribution in [0.4, 0.5) is 11.5 Å². The lowest BCUT2D eigenvalue weighted by atomic mass is 10.1. The van der Waals surface area contributed by atoms with Gasteiger partial charge in [-0.15, -0.1) is 0 Å². The van der Waals surface area contributed by atoms with Crippen LogP contribution in [0.1, 0.15) is 16.7 Å². The summed E-state index contributed by atoms with van der Waals surface area (Å²) in [6.45, 7) is 3.97. The summed E-state index contributed by atoms with van der Waals surface area (Å²) in [5, 5.41) is 14.2. The number of aromatic nitrogens is 2. The van der Waals surface area contributed by atoms with Crippen molar-refractivity contribution in [1.29, 1.82) is 5.26 Å². The quantitative estimate of drug-likeness (QED) is 0.461. The largest absolute Gasteiger partial charge is 0.339 e. The van der Waals surface area contributed by atoms with Gasteiger partial charge in [-0.1, -0.05) is 59.3 Å². The number of nitriles is 1. The van der Waals surface area contributed by atoms with Crippen LogP contribution < -0.4 is 5.32 Å². The predicted molar refractivity (Wildman–Crippen MR) is 108 cm³/mol. The van der Waals surface area contributed by atoms with Gasteiger partial charge in [-0.05, 0) is 37.8 Å². The van der Waals surface area contributed by atoms with E-state index in [2.05, 4.69) is 21.4 Å². The van der Waals surface area contributed by atoms with E-state index in [1.807, 2.05) is 62.6 Å². The average Bonchev–Trinajstić information content (AvgIpc) is 2.64. The van der Waals surface area contributed by atoms with Gasteiger partial charge >= 0.3 is 0 Å². The standard InChI is InChI=1S/C20H17ClN4S/c1-12-4-7-14(8-5-12)18-16(11-22)19(25-20(24-18)26-3)23-15-9-6-13(2)17(21)10-15/h4-10H,1-3H3,(H,23,24,25). The molecule has 26 heavy (non-hydrogen) atoms. The zero-order valence-electron chi connectivity index (χ0n) is 14.7. The molecule has 1 heterocycles. The van der Waals surface area contributed by atoms with E-state index in [1.54, 1.807) is 0 Å². The van der Waals surface area contributed by atoms with Gasteiger partial charge in [0.15, 0.2) is 11.0 Å². The minimum atomic E-state index is 0.406. The van der Waals surface area contributed by atoms with E-state index in [9.17, 15) is 5.26 Å². The van der Waals surface area contributed by atoms with E-state index in [-0.39, 0.29) is 0 Å². The Kier molecular flexibility index (Phi) is 5.46. The van der Waals surface area contributed by atoms with Gasteiger partial charge in [0, 0.05) is 16.3 Å². The number of anilines is 2. The second kappa shape index (κ2) is 7.77. The first-order valence-electron chi connectivity index (χ1n) is 7.98. The monoisotopic (exact) mass is 380 g/mol. The number of nitrogens with one attached hydrogen (secondary N) is 1. The fourth-order valence-corrected chi connectivity index (χ4v) is 3.00. The molecular formula is C20H17ClN4S. The molecule has 2 aromatic carbocycles. The Bertz CT molecular complexity index is 994. The predicted octanol–water partition coefficient (Wildman–Crippen LogP) is 5.75. The van der Waals surface area contributed by atoms with Gasteiger partial charge in [0.2, 0.25) is 0 Å². The lowest BCUT2D eigenvalue weighted by molar-refractivity contribution is 0.975. The van der Waals surface area contributed by atoms with Crippen molar-refractivity contribution < 1.29 is 0 Å². The zero-order chi connectivity index (χ0) is 18.7. The van der Waals surface area contributed by atoms with Crippen LogP contribution in [0.15, 0.2) is 47.6 Å². The first kappa shape index (κ1) is 18.2. The maximum absolute atomic E-state index is 9.75. The van der Waals surface area contributed by atoms with Gasteiger partial charge < -0.3 is 5.32 Å². The van der Waals surface area contributed by atoms with Crippen molar-refractivity contribution in [2.75, 3.05) is 11.6 Å². The highest BCUT2D eigenvalue weighted by molar-refractivity contribution is 7.98. The number of rotatable bonds is 4. The molecule has 1 N–H and O–H groups in total. The fourth-order valence-electron chi connectivity index (χ4n) is 2.46. The second-order valence-corrected chi connectivity index (χ2v) is 7.03. The molecule has 0 aliphatic heterocycles. The molecule has 0 atom stereocenters. The van der Waals surface area contributed by atoms with Gasteiger partial charge in [0.05, 0.1) is 5.69 Å². The molecule has 3 aromatic rings. The third-order valence-corrected chi connectivity index (χ3v) is 4.90. The number of nitrogens with zero attached hydrogens (tertiary/aromatic N) is 3. The summed E-state index contributed by atoms with van der Waals surface area (Å²) in [5.74, 6) is 0.474. The molecule has 0 unspecified atom stereocenters. The molecule has 130 valence electrons. The highest BCUT2D eigenvalue weighted by atomic mass is 35.5. The number of aryl methyl sites for hydroxylation is 2. The summed E-state index contributed by atoms with van der Waals surface area (Å²) in [5.41, 5.74) is 4.83. The minimum Gasteiger partial charge on any atom is -0.339 e. The van der Waals surface area contributed by atoms with Gasteiger partial charge in [-0.3, -0.25) is 0 Å². The number of halogens is 1. The Morgan fingerprint density at radius 1 is 1.08 bits per heavy atom. The van der Waals surface area contributed by atoms with Crippen molar-refractivity contribution in [3.63, 3.8) is 0 Å². The molecule has 1 aromatic heterocycles. The van der Waals surface area contributed by atoms with Crippen LogP contribution >= 0.6 is 23.4 Å². The van der Waals surface area contributed by atoms with Crippen molar-refractivity contribution in [3.8, 4) is 17.3 Å². The third kappa shape index (κ3) is 3.82. The summed E-state index contributed by atoms with van der Waals surface area (Å²) < 4.78 is 0. The van der Waals surface area contributed by atoms with Gasteiger partial charge in [-0.25, -0.2) is 9.97 Å². The molecule has 0 spiro atoms. The molecule has 4 nitrogen and oxygen atoms in total. The molecule has 0 aliphatic carbocycles. The van der Waals surface area contributed by atoms with Gasteiger partial charge in [-0.2, -0.15) is 5.26 Å². The molecule has 0 saturated heterocycles. The van der Waals surface area contributed by atoms with E-state index in [0.717, 1.165) is 22.4 Å². The highest BCUT2D eigenvalue weighted by Crippen LogP contribution is 2.31. The molecule has 0 radical (unpaired) electrons. The van der Waals surface area contributed by atoms with Crippen molar-refractivity contribution >= 4 is 34.9 Å². The molecule has 0 amide bonds. The van der Waals surface area contributed by atoms with E-state index in [0.29, 0.717) is 27.3 Å². The van der Waals surface area contributed by atoms with Crippen LogP contribution in [-0.4, -0.2) is 16.2 Å². The third-order valence-electron chi connectivity index (χ3n) is 3.94. The second-order valence-electron chi connectivity index (χ2n) is 5.85. The van der Waals surface area contributed by atoms with Crippen LogP contribution in [0.25, 0.3) is 11.3 Å². The molecule has 6 heteroatoms. The van der Waals surface area contributed by atoms with E-state index >= 15 is 0 Å². The number of thioether (sulfide) groups is 1. The Morgan fingerprint density at radius 3 is 2.42 bits per heavy atom. The zero-order valence-corrected chi connectivity index (χ0v) is 16.2. The summed E-state index contributed by atoms with van der Waals surface area (Å²) in [6, 6.07) is 15.8. The number of benzene rings is 2. The number of hydrogen-bond acceptors (Lipinski definition) is 5. The minimum absolute atomic E-state index is 0.406. The fraction of sp³-hybridized carbons (Fsp3) is 0.150. The topological polar surface area (TPSA) is 61.6 Å². The maximum Gasteiger partial charge on any atom is 0.189 e. The highest BCUT2D eigenvalue weighted by Gasteiger charge is 2.16. The van der Waals surface area contributed by atoms with Crippen molar-refractivity contribution in [2.45, 2.75) is 19.0 Å². The summed E-state index contributed by atoms with van der Waals surface area (Å²) in [7, 11) is 0. The molecular weight excluding hydrogens is 364 g/mol. The normalized spacial score (nSPS) is 10.4. The molecule has 0 aliphatic rings. The Hall–Kier alpha value is -2.55. The van der Waals surface area contributed by atoms with Gasteiger partial charge in [0.1, 0.15) is 11.6 Å². The maximum atomic E-state index is 9.75. The first-order valence-corrected chi connectivity index (χ1v) is 9.58. The van der Waals surface area contributed by atoms with Gasteiger partial charge in [0.25, 0.3) is 0 Å². The van der Waals surface area contributed by atoms with Crippen LogP contribution in [-0.2, 0) is 0 Å². The Balaban J connectivity index is 2.12. The van der Waals surface area contributed by atoms with E-state index < -0.39 is 0 Å². The number of hydrogen-bond donors (Lipinski definition) is 1. The molecule has 0 bridgehead atoms. The lowest BCUT2D eigenvalue weighted by Crippen LogP contribution is -2.03. The van der Waals surface area contributed by atoms with Crippen LogP contribution in [0.2, 0.25) is 5.02 Å². The SMILES string of the molecule is CSc1nc(Nc2ccc(C)c(Cl)c2)c(C#N)c(-c2ccc(C)cc2)n1. The lowest BCUT2D eigenvalue weighted by Gasteiger charge is -2.13. The van der Waals surface area contributed by atoms with E-state index in [1.165, 1.54) is 11.8 Å². The van der Waals surface area contributed by atoms with Crippen molar-refractivity contribution in [1.82, 2.24) is 9.97 Å². The first-order chi connectivity index (χ1) is 12.5. The average molecular weight is 381 g/mol. The Morgan fingerprint density at radius 2 is 1.81 bits per heavy atom. The van der Waals surface area contributed by atoms with Crippen LogP contribution in [0.5, 0.6) is 0 Å². The van der Waals surface area contributed by atoms with Crippen LogP contribution in [0, 0.1) is 25.2 Å². The van der Waals surface area contributed by atoms with Crippen molar-refractivity contribution in [2.24, 2.45) is 0 Å². The van der Waals surface area contributed by atoms with Crippen molar-refractivity contribution in [3.05, 3.63) is 64.2 Å². The smallest absolute Gasteiger partial charge is 0.189 e.